The molecule has 4 N–H and O–H groups in total. The van der Waals surface area contributed by atoms with Crippen LogP contribution in [-0.4, -0.2) is 66.2 Å². The minimum absolute atomic E-state index is 0.599. The van der Waals surface area contributed by atoms with Crippen LogP contribution < -0.4 is 20.1 Å². The molecule has 272 valence electrons. The number of aromatic amines is 2. The molecule has 0 aliphatic heterocycles. The zero-order valence-corrected chi connectivity index (χ0v) is 32.2. The summed E-state index contributed by atoms with van der Waals surface area (Å²) in [5.41, 5.74) is 7.57. The summed E-state index contributed by atoms with van der Waals surface area (Å²) in [6, 6.07) is 27.7. The Morgan fingerprint density at radius 3 is 1.57 bits per heavy atom. The molecule has 0 saturated carbocycles. The van der Waals surface area contributed by atoms with E-state index in [2.05, 4.69) is 82.4 Å². The van der Waals surface area contributed by atoms with Crippen LogP contribution in [0.1, 0.15) is 11.1 Å². The molecule has 0 aliphatic carbocycles. The molecule has 54 heavy (non-hydrogen) atoms. The maximum atomic E-state index is 5.79. The van der Waals surface area contributed by atoms with Crippen molar-refractivity contribution in [3.05, 3.63) is 142 Å². The zero-order chi connectivity index (χ0) is 37.0. The Kier molecular flexibility index (Phi) is 12.6. The second-order valence-corrected chi connectivity index (χ2v) is 13.9. The molecule has 6 aromatic heterocycles. The van der Waals surface area contributed by atoms with Crippen molar-refractivity contribution in [1.82, 2.24) is 50.5 Å². The summed E-state index contributed by atoms with van der Waals surface area (Å²) in [7, 11) is 0. The summed E-state index contributed by atoms with van der Waals surface area (Å²) in [5, 5.41) is 6.69. The molecule has 0 radical (unpaired) electrons. The third-order valence-electron chi connectivity index (χ3n) is 8.09. The molecule has 6 heterocycles. The van der Waals surface area contributed by atoms with Crippen LogP contribution in [0.4, 0.5) is 0 Å². The summed E-state index contributed by atoms with van der Waals surface area (Å²) in [5.74, 6) is 3.25. The quantitative estimate of drug-likeness (QED) is 0.0796. The smallest absolute Gasteiger partial charge is 0.178 e. The second-order valence-electron chi connectivity index (χ2n) is 12.0. The van der Waals surface area contributed by atoms with Crippen molar-refractivity contribution in [2.24, 2.45) is 0 Å². The number of aromatic nitrogens is 8. The highest BCUT2D eigenvalue weighted by Crippen LogP contribution is 2.25. The van der Waals surface area contributed by atoms with E-state index in [0.717, 1.165) is 86.0 Å². The van der Waals surface area contributed by atoms with Crippen LogP contribution in [0.3, 0.4) is 0 Å². The van der Waals surface area contributed by atoms with Crippen molar-refractivity contribution >= 4 is 54.2 Å². The van der Waals surface area contributed by atoms with Gasteiger partial charge in [-0.05, 0) is 122 Å². The molecule has 0 saturated heterocycles. The lowest BCUT2D eigenvalue weighted by Gasteiger charge is -2.08. The molecule has 0 aliphatic rings. The first kappa shape index (κ1) is 36.8. The number of nitrogens with zero attached hydrogens (tertiary/aromatic N) is 6. The zero-order valence-electron chi connectivity index (χ0n) is 29.0. The predicted octanol–water partition coefficient (Wildman–Crippen LogP) is 7.90. The van der Waals surface area contributed by atoms with E-state index in [-0.39, 0.29) is 0 Å². The Morgan fingerprint density at radius 1 is 0.556 bits per heavy atom. The summed E-state index contributed by atoms with van der Waals surface area (Å²) < 4.78 is 13.4. The summed E-state index contributed by atoms with van der Waals surface area (Å²) in [4.78, 5) is 32.3. The predicted molar refractivity (Wildman–Crippen MR) is 217 cm³/mol. The van der Waals surface area contributed by atoms with Gasteiger partial charge in [-0.25, -0.2) is 19.9 Å². The Hall–Kier alpha value is -5.54. The molecule has 0 atom stereocenters. The summed E-state index contributed by atoms with van der Waals surface area (Å²) in [6.07, 6.45) is 10.7. The van der Waals surface area contributed by atoms with Gasteiger partial charge in [-0.1, -0.05) is 6.07 Å². The monoisotopic (exact) mass is 846 g/mol. The van der Waals surface area contributed by atoms with E-state index >= 15 is 0 Å². The number of benzene rings is 2. The normalized spacial score (nSPS) is 11.0. The Balaban J connectivity index is 0.000000167. The fourth-order valence-electron chi connectivity index (χ4n) is 5.39. The van der Waals surface area contributed by atoms with Crippen LogP contribution in [0.5, 0.6) is 11.5 Å². The second kappa shape index (κ2) is 18.5. The molecule has 0 unspecified atom stereocenters. The van der Waals surface area contributed by atoms with Gasteiger partial charge in [0, 0.05) is 83.4 Å². The van der Waals surface area contributed by atoms with Crippen molar-refractivity contribution in [2.45, 2.75) is 13.1 Å². The van der Waals surface area contributed by atoms with Gasteiger partial charge in [0.1, 0.15) is 36.4 Å². The molecule has 14 heteroatoms. The van der Waals surface area contributed by atoms with Crippen LogP contribution in [0.15, 0.2) is 131 Å². The Morgan fingerprint density at radius 2 is 1.07 bits per heavy atom. The molecule has 8 rings (SSSR count). The van der Waals surface area contributed by atoms with Crippen LogP contribution in [0.2, 0.25) is 0 Å². The number of H-pyrrole nitrogens is 2. The first-order valence-corrected chi connectivity index (χ1v) is 18.8. The molecule has 0 bridgehead atoms. The van der Waals surface area contributed by atoms with Crippen molar-refractivity contribution in [3.63, 3.8) is 0 Å². The molecule has 2 aromatic carbocycles. The summed E-state index contributed by atoms with van der Waals surface area (Å²) in [6.45, 7) is 4.33. The van der Waals surface area contributed by atoms with Crippen LogP contribution >= 0.6 is 31.9 Å². The molecular formula is C40H36Br2N10O2. The average molecular weight is 849 g/mol. The number of imidazole rings is 2. The van der Waals surface area contributed by atoms with Gasteiger partial charge in [-0.2, -0.15) is 0 Å². The minimum atomic E-state index is 0.599. The topological polar surface area (TPSA) is 151 Å². The molecule has 0 spiro atoms. The van der Waals surface area contributed by atoms with Gasteiger partial charge in [0.2, 0.25) is 0 Å². The van der Waals surface area contributed by atoms with Crippen molar-refractivity contribution in [3.8, 4) is 34.3 Å². The molecule has 0 fully saturated rings. The van der Waals surface area contributed by atoms with Crippen molar-refractivity contribution < 1.29 is 9.47 Å². The number of nitrogens with one attached hydrogen (secondary N) is 4. The number of halogens is 2. The highest BCUT2D eigenvalue weighted by molar-refractivity contribution is 9.10. The number of rotatable bonds is 14. The number of pyridine rings is 4. The number of hydrogen-bond acceptors (Lipinski definition) is 10. The largest absolute Gasteiger partial charge is 0.492 e. The van der Waals surface area contributed by atoms with Crippen molar-refractivity contribution in [1.29, 1.82) is 0 Å². The third-order valence-corrected chi connectivity index (χ3v) is 8.96. The van der Waals surface area contributed by atoms with E-state index in [0.29, 0.717) is 24.5 Å². The van der Waals surface area contributed by atoms with E-state index in [1.165, 1.54) is 5.56 Å². The molecule has 0 amide bonds. The highest BCUT2D eigenvalue weighted by atomic mass is 79.9. The highest BCUT2D eigenvalue weighted by Gasteiger charge is 2.09. The molecular weight excluding hydrogens is 812 g/mol. The Labute approximate surface area is 328 Å². The number of fused-ring (bicyclic) bond motifs is 2. The SMILES string of the molecule is Brc1cnc2nc(-c3ccc(OCCNCc4cccnc4)cc3)[nH]c2c1.Brc1cnc2nc(-c3ccc(OCCNCc4ccncc4)cc3)[nH]c2c1. The lowest BCUT2D eigenvalue weighted by Crippen LogP contribution is -2.20. The Bertz CT molecular complexity index is 2200. The summed E-state index contributed by atoms with van der Waals surface area (Å²) >= 11 is 6.84. The van der Waals surface area contributed by atoms with Crippen LogP contribution in [-0.2, 0) is 13.1 Å². The maximum absolute atomic E-state index is 5.79. The minimum Gasteiger partial charge on any atom is -0.492 e. The van der Waals surface area contributed by atoms with Gasteiger partial charge in [0.15, 0.2) is 11.3 Å². The van der Waals surface area contributed by atoms with E-state index in [1.54, 1.807) is 31.0 Å². The van der Waals surface area contributed by atoms with E-state index < -0.39 is 0 Å². The lowest BCUT2D eigenvalue weighted by molar-refractivity contribution is 0.313. The fraction of sp³-hybridized carbons (Fsp3) is 0.150. The van der Waals surface area contributed by atoms with Gasteiger partial charge in [-0.3, -0.25) is 9.97 Å². The fourth-order valence-corrected chi connectivity index (χ4v) is 6.05. The maximum Gasteiger partial charge on any atom is 0.178 e. The van der Waals surface area contributed by atoms with Gasteiger partial charge in [-0.15, -0.1) is 0 Å². The van der Waals surface area contributed by atoms with Crippen molar-refractivity contribution in [2.75, 3.05) is 26.3 Å². The first-order chi connectivity index (χ1) is 26.6. The number of hydrogen-bond donors (Lipinski definition) is 4. The van der Waals surface area contributed by atoms with Crippen LogP contribution in [0.25, 0.3) is 45.1 Å². The first-order valence-electron chi connectivity index (χ1n) is 17.2. The number of ether oxygens (including phenoxy) is 2. The van der Waals surface area contributed by atoms with E-state index in [1.807, 2.05) is 91.1 Å². The molecule has 12 nitrogen and oxygen atoms in total. The van der Waals surface area contributed by atoms with Gasteiger partial charge in [0.05, 0.1) is 11.0 Å². The molecule has 8 aromatic rings. The van der Waals surface area contributed by atoms with E-state index in [4.69, 9.17) is 9.47 Å². The standard InChI is InChI=1S/2C20H18BrN5O/c21-16-11-18-20(24-13-16)26-19(25-18)15-1-3-17(4-2-15)27-10-9-23-12-14-5-7-22-8-6-14;21-16-10-18-20(24-13-16)26-19(25-18)15-3-5-17(6-4-15)27-9-8-23-12-14-2-1-7-22-11-14/h1-8,11,13,23H,9-10,12H2,(H,24,25,26);1-7,10-11,13,23H,8-9,12H2,(H,24,25,26). The van der Waals surface area contributed by atoms with E-state index in [9.17, 15) is 0 Å². The van der Waals surface area contributed by atoms with Gasteiger partial charge < -0.3 is 30.1 Å². The lowest BCUT2D eigenvalue weighted by atomic mass is 10.2. The third kappa shape index (κ3) is 10.3. The average Bonchev–Trinajstić information content (AvgIpc) is 3.83. The van der Waals surface area contributed by atoms with Crippen LogP contribution in [0, 0.1) is 0 Å². The van der Waals surface area contributed by atoms with Gasteiger partial charge in [0.25, 0.3) is 0 Å². The van der Waals surface area contributed by atoms with Gasteiger partial charge >= 0.3 is 0 Å².